The van der Waals surface area contributed by atoms with Crippen molar-refractivity contribution in [3.05, 3.63) is 70.3 Å². The van der Waals surface area contributed by atoms with Gasteiger partial charge in [0.2, 0.25) is 0 Å². The van der Waals surface area contributed by atoms with Crippen LogP contribution >= 0.6 is 0 Å². The lowest BCUT2D eigenvalue weighted by Crippen LogP contribution is -2.25. The lowest BCUT2D eigenvalue weighted by Gasteiger charge is -2.28. The van der Waals surface area contributed by atoms with Gasteiger partial charge < -0.3 is 0 Å². The minimum Gasteiger partial charge on any atom is -0.0620 e. The first-order valence-electron chi connectivity index (χ1n) is 7.98. The van der Waals surface area contributed by atoms with E-state index in [9.17, 15) is 0 Å². The molecule has 0 aromatic heterocycles. The molecule has 0 spiro atoms. The molecule has 0 nitrogen and oxygen atoms in total. The average molecular weight is 278 g/mol. The molecule has 1 aliphatic rings. The van der Waals surface area contributed by atoms with Gasteiger partial charge in [0.15, 0.2) is 0 Å². The molecule has 110 valence electrons. The minimum atomic E-state index is 0.247. The van der Waals surface area contributed by atoms with Crippen LogP contribution in [0.2, 0.25) is 0 Å². The summed E-state index contributed by atoms with van der Waals surface area (Å²) in [6.07, 6.45) is 2.37. The number of aryl methyl sites for hydroxylation is 2. The first kappa shape index (κ1) is 14.4. The Morgan fingerprint density at radius 2 is 1.62 bits per heavy atom. The molecule has 3 rings (SSSR count). The van der Waals surface area contributed by atoms with E-state index >= 15 is 0 Å². The van der Waals surface area contributed by atoms with Crippen molar-refractivity contribution in [2.45, 2.75) is 58.3 Å². The molecule has 0 aliphatic heterocycles. The monoisotopic (exact) mass is 278 g/mol. The fourth-order valence-corrected chi connectivity index (χ4v) is 4.30. The third-order valence-corrected chi connectivity index (χ3v) is 5.23. The number of hydrogen-bond donors (Lipinski definition) is 0. The van der Waals surface area contributed by atoms with Crippen molar-refractivity contribution in [3.8, 4) is 0 Å². The summed E-state index contributed by atoms with van der Waals surface area (Å²) in [5, 5.41) is 0. The van der Waals surface area contributed by atoms with E-state index in [1.165, 1.54) is 23.1 Å². The van der Waals surface area contributed by atoms with Gasteiger partial charge >= 0.3 is 0 Å². The molecule has 1 atom stereocenters. The molecule has 0 saturated heterocycles. The molecule has 0 heterocycles. The number of hydrogen-bond acceptors (Lipinski definition) is 0. The van der Waals surface area contributed by atoms with E-state index in [1.807, 2.05) is 0 Å². The van der Waals surface area contributed by atoms with Crippen LogP contribution in [0, 0.1) is 13.8 Å². The summed E-state index contributed by atoms with van der Waals surface area (Å²) in [6, 6.07) is 15.9. The summed E-state index contributed by atoms with van der Waals surface area (Å²) in [7, 11) is 0. The third kappa shape index (κ3) is 2.41. The fourth-order valence-electron chi connectivity index (χ4n) is 4.30. The SMILES string of the molecule is Cc1ccc2c(c1)C(C)(Cc1ccccc1C)CC2(C)C. The van der Waals surface area contributed by atoms with E-state index in [2.05, 4.69) is 77.1 Å². The maximum Gasteiger partial charge on any atom is -0.00235 e. The highest BCUT2D eigenvalue weighted by atomic mass is 14.5. The van der Waals surface area contributed by atoms with Gasteiger partial charge in [0.25, 0.3) is 0 Å². The van der Waals surface area contributed by atoms with Gasteiger partial charge in [-0.05, 0) is 59.8 Å². The predicted octanol–water partition coefficient (Wildman–Crippen LogP) is 5.49. The molecule has 0 bridgehead atoms. The summed E-state index contributed by atoms with van der Waals surface area (Å²) in [5.74, 6) is 0. The second-order valence-corrected chi connectivity index (χ2v) is 7.77. The molecule has 0 heteroatoms. The van der Waals surface area contributed by atoms with E-state index < -0.39 is 0 Å². The van der Waals surface area contributed by atoms with Gasteiger partial charge in [-0.15, -0.1) is 0 Å². The Labute approximate surface area is 129 Å². The standard InChI is InChI=1S/C21H26/c1-15-10-11-18-19(12-15)21(5,14-20(18,3)4)13-17-9-7-6-8-16(17)2/h6-12H,13-14H2,1-5H3. The molecule has 0 fully saturated rings. The minimum absolute atomic E-state index is 0.247. The zero-order valence-corrected chi connectivity index (χ0v) is 14.0. The first-order valence-corrected chi connectivity index (χ1v) is 7.98. The Morgan fingerprint density at radius 1 is 0.905 bits per heavy atom. The average Bonchev–Trinajstić information content (AvgIpc) is 2.59. The van der Waals surface area contributed by atoms with Crippen molar-refractivity contribution in [2.75, 3.05) is 0 Å². The molecule has 1 aliphatic carbocycles. The molecule has 21 heavy (non-hydrogen) atoms. The van der Waals surface area contributed by atoms with E-state index in [0.29, 0.717) is 0 Å². The summed E-state index contributed by atoms with van der Waals surface area (Å²) >= 11 is 0. The smallest absolute Gasteiger partial charge is 0.00235 e. The van der Waals surface area contributed by atoms with Crippen molar-refractivity contribution in [1.82, 2.24) is 0 Å². The zero-order chi connectivity index (χ0) is 15.3. The predicted molar refractivity (Wildman–Crippen MR) is 91.1 cm³/mol. The van der Waals surface area contributed by atoms with E-state index in [4.69, 9.17) is 0 Å². The van der Waals surface area contributed by atoms with Gasteiger partial charge in [0, 0.05) is 0 Å². The molecule has 2 aromatic rings. The van der Waals surface area contributed by atoms with Crippen LogP contribution < -0.4 is 0 Å². The Kier molecular flexibility index (Phi) is 3.24. The van der Waals surface area contributed by atoms with Gasteiger partial charge in [-0.2, -0.15) is 0 Å². The lowest BCUT2D eigenvalue weighted by atomic mass is 9.75. The normalized spacial score (nSPS) is 23.1. The summed E-state index contributed by atoms with van der Waals surface area (Å²) < 4.78 is 0. The van der Waals surface area contributed by atoms with E-state index in [-0.39, 0.29) is 10.8 Å². The molecular weight excluding hydrogens is 252 g/mol. The van der Waals surface area contributed by atoms with Gasteiger partial charge in [-0.3, -0.25) is 0 Å². The largest absolute Gasteiger partial charge is 0.0620 e. The van der Waals surface area contributed by atoms with Gasteiger partial charge in [0.05, 0.1) is 0 Å². The van der Waals surface area contributed by atoms with Crippen molar-refractivity contribution in [1.29, 1.82) is 0 Å². The number of fused-ring (bicyclic) bond motifs is 1. The van der Waals surface area contributed by atoms with Crippen LogP contribution in [0.5, 0.6) is 0 Å². The molecule has 0 saturated carbocycles. The maximum atomic E-state index is 2.45. The van der Waals surface area contributed by atoms with Crippen LogP contribution in [0.1, 0.15) is 55.0 Å². The maximum absolute atomic E-state index is 2.45. The van der Waals surface area contributed by atoms with Crippen molar-refractivity contribution >= 4 is 0 Å². The van der Waals surface area contributed by atoms with Gasteiger partial charge in [0.1, 0.15) is 0 Å². The quantitative estimate of drug-likeness (QED) is 0.682. The van der Waals surface area contributed by atoms with E-state index in [0.717, 1.165) is 6.42 Å². The topological polar surface area (TPSA) is 0 Å². The lowest BCUT2D eigenvalue weighted by molar-refractivity contribution is 0.374. The molecule has 1 unspecified atom stereocenters. The Balaban J connectivity index is 2.07. The number of benzene rings is 2. The van der Waals surface area contributed by atoms with Crippen LogP contribution in [-0.2, 0) is 17.3 Å². The second kappa shape index (κ2) is 4.73. The molecule has 0 radical (unpaired) electrons. The first-order chi connectivity index (χ1) is 9.82. The highest BCUT2D eigenvalue weighted by Gasteiger charge is 2.44. The fraction of sp³-hybridized carbons (Fsp3) is 0.429. The van der Waals surface area contributed by atoms with Gasteiger partial charge in [-0.1, -0.05) is 68.8 Å². The summed E-state index contributed by atoms with van der Waals surface area (Å²) in [6.45, 7) is 11.7. The van der Waals surface area contributed by atoms with Crippen molar-refractivity contribution in [3.63, 3.8) is 0 Å². The van der Waals surface area contributed by atoms with Crippen LogP contribution in [0.3, 0.4) is 0 Å². The summed E-state index contributed by atoms with van der Waals surface area (Å²) in [5.41, 5.74) is 7.92. The summed E-state index contributed by atoms with van der Waals surface area (Å²) in [4.78, 5) is 0. The van der Waals surface area contributed by atoms with Crippen LogP contribution in [0.4, 0.5) is 0 Å². The molecule has 0 amide bonds. The number of rotatable bonds is 2. The van der Waals surface area contributed by atoms with Crippen LogP contribution in [0.15, 0.2) is 42.5 Å². The second-order valence-electron chi connectivity index (χ2n) is 7.77. The van der Waals surface area contributed by atoms with Crippen LogP contribution in [0.25, 0.3) is 0 Å². The zero-order valence-electron chi connectivity index (χ0n) is 14.0. The van der Waals surface area contributed by atoms with Crippen molar-refractivity contribution in [2.24, 2.45) is 0 Å². The highest BCUT2D eigenvalue weighted by Crippen LogP contribution is 2.51. The molecule has 2 aromatic carbocycles. The highest BCUT2D eigenvalue weighted by molar-refractivity contribution is 5.48. The van der Waals surface area contributed by atoms with Gasteiger partial charge in [-0.25, -0.2) is 0 Å². The molecular formula is C21H26. The van der Waals surface area contributed by atoms with Crippen LogP contribution in [-0.4, -0.2) is 0 Å². The third-order valence-electron chi connectivity index (χ3n) is 5.23. The van der Waals surface area contributed by atoms with Crippen molar-refractivity contribution < 1.29 is 0 Å². The van der Waals surface area contributed by atoms with E-state index in [1.54, 1.807) is 11.1 Å². The Morgan fingerprint density at radius 3 is 2.33 bits per heavy atom. The molecule has 0 N–H and O–H groups in total. The Hall–Kier alpha value is -1.56. The Bertz CT molecular complexity index is 678.